The van der Waals surface area contributed by atoms with Crippen molar-refractivity contribution in [3.63, 3.8) is 0 Å². The van der Waals surface area contributed by atoms with Crippen LogP contribution in [0, 0.1) is 0 Å². The van der Waals surface area contributed by atoms with Crippen molar-refractivity contribution in [2.24, 2.45) is 5.73 Å². The van der Waals surface area contributed by atoms with Crippen LogP contribution < -0.4 is 11.1 Å². The fourth-order valence-corrected chi connectivity index (χ4v) is 5.67. The number of aromatic nitrogens is 3. The van der Waals surface area contributed by atoms with Gasteiger partial charge in [0.1, 0.15) is 22.5 Å². The molecule has 10 heteroatoms. The number of hydrogen-bond acceptors (Lipinski definition) is 7. The van der Waals surface area contributed by atoms with E-state index in [1.165, 1.54) is 5.57 Å². The molecule has 146 valence electrons. The highest BCUT2D eigenvalue weighted by Crippen LogP contribution is 2.41. The maximum absolute atomic E-state index is 12.7. The Kier molecular flexibility index (Phi) is 5.42. The Morgan fingerprint density at radius 3 is 2.96 bits per heavy atom. The van der Waals surface area contributed by atoms with Crippen LogP contribution in [-0.2, 0) is 9.59 Å². The summed E-state index contributed by atoms with van der Waals surface area (Å²) in [4.78, 5) is 26.9. The van der Waals surface area contributed by atoms with E-state index in [1.54, 1.807) is 46.8 Å². The third-order valence-electron chi connectivity index (χ3n) is 4.87. The first-order chi connectivity index (χ1) is 13.6. The lowest BCUT2D eigenvalue weighted by molar-refractivity contribution is -0.146. The van der Waals surface area contributed by atoms with E-state index in [0.717, 1.165) is 27.8 Å². The van der Waals surface area contributed by atoms with E-state index in [-0.39, 0.29) is 17.2 Å². The summed E-state index contributed by atoms with van der Waals surface area (Å²) in [5, 5.41) is 14.0. The summed E-state index contributed by atoms with van der Waals surface area (Å²) in [5.41, 5.74) is 8.92. The number of nitrogens with two attached hydrogens (primary N) is 1. The zero-order chi connectivity index (χ0) is 19.7. The number of H-pyrrole nitrogens is 1. The van der Waals surface area contributed by atoms with Crippen molar-refractivity contribution in [2.45, 2.75) is 29.4 Å². The first-order valence-corrected chi connectivity index (χ1v) is 10.8. The Bertz CT molecular complexity index is 902. The van der Waals surface area contributed by atoms with Gasteiger partial charge in [-0.2, -0.15) is 10.3 Å². The molecule has 0 bridgehead atoms. The molecule has 3 atom stereocenters. The van der Waals surface area contributed by atoms with Gasteiger partial charge in [0.15, 0.2) is 0 Å². The average molecular weight is 417 g/mol. The number of nitrogens with zero attached hydrogens (tertiary/aromatic N) is 3. The minimum absolute atomic E-state index is 0.0831. The Hall–Kier alpha value is -2.30. The van der Waals surface area contributed by atoms with E-state index in [0.29, 0.717) is 0 Å². The van der Waals surface area contributed by atoms with Crippen LogP contribution in [0.5, 0.6) is 0 Å². The lowest BCUT2D eigenvalue weighted by Crippen LogP contribution is -2.70. The van der Waals surface area contributed by atoms with Crippen LogP contribution in [0.25, 0.3) is 0 Å². The highest BCUT2D eigenvalue weighted by atomic mass is 32.2. The van der Waals surface area contributed by atoms with Crippen LogP contribution in [0.3, 0.4) is 0 Å². The zero-order valence-corrected chi connectivity index (χ0v) is 16.8. The molecule has 0 spiro atoms. The van der Waals surface area contributed by atoms with Crippen LogP contribution >= 0.6 is 23.5 Å². The van der Waals surface area contributed by atoms with Crippen LogP contribution in [0.4, 0.5) is 0 Å². The summed E-state index contributed by atoms with van der Waals surface area (Å²) in [6.07, 6.45) is 1.68. The molecule has 1 aromatic heterocycles. The van der Waals surface area contributed by atoms with Crippen LogP contribution in [0.2, 0.25) is 0 Å². The molecule has 3 heterocycles. The van der Waals surface area contributed by atoms with Gasteiger partial charge in [0, 0.05) is 17.2 Å². The number of carbonyl (C=O) groups is 2. The van der Waals surface area contributed by atoms with Gasteiger partial charge in [-0.15, -0.1) is 16.9 Å². The predicted molar refractivity (Wildman–Crippen MR) is 108 cm³/mol. The van der Waals surface area contributed by atoms with Crippen LogP contribution in [0.1, 0.15) is 18.5 Å². The molecule has 28 heavy (non-hydrogen) atoms. The van der Waals surface area contributed by atoms with E-state index < -0.39 is 12.1 Å². The second kappa shape index (κ2) is 7.98. The third-order valence-corrected chi connectivity index (χ3v) is 7.20. The van der Waals surface area contributed by atoms with Crippen molar-refractivity contribution in [3.8, 4) is 0 Å². The van der Waals surface area contributed by atoms with Crippen LogP contribution in [0.15, 0.2) is 52.8 Å². The van der Waals surface area contributed by atoms with E-state index in [2.05, 4.69) is 20.7 Å². The molecule has 0 radical (unpaired) electrons. The fraction of sp³-hybridized carbons (Fsp3) is 0.333. The summed E-state index contributed by atoms with van der Waals surface area (Å²) in [5.74, 6) is 1.13. The van der Waals surface area contributed by atoms with Gasteiger partial charge in [0.05, 0.1) is 6.20 Å². The number of rotatable bonds is 6. The summed E-state index contributed by atoms with van der Waals surface area (Å²) in [6.45, 7) is 1.96. The first kappa shape index (κ1) is 19.0. The SMILES string of the molecule is CC1=C(CSc2cn[nH]n2)CSC2C(NC(=O)C(N)c3ccccc3)C(=O)N12. The van der Waals surface area contributed by atoms with Crippen molar-refractivity contribution < 1.29 is 9.59 Å². The van der Waals surface area contributed by atoms with Crippen LogP contribution in [-0.4, -0.2) is 55.0 Å². The second-order valence-corrected chi connectivity index (χ2v) is 8.67. The summed E-state index contributed by atoms with van der Waals surface area (Å²) in [6, 6.07) is 7.83. The molecule has 1 aromatic carbocycles. The van der Waals surface area contributed by atoms with Gasteiger partial charge >= 0.3 is 0 Å². The van der Waals surface area contributed by atoms with Gasteiger partial charge in [-0.3, -0.25) is 14.5 Å². The Morgan fingerprint density at radius 2 is 2.25 bits per heavy atom. The predicted octanol–water partition coefficient (Wildman–Crippen LogP) is 1.27. The molecule has 2 amide bonds. The maximum atomic E-state index is 12.7. The van der Waals surface area contributed by atoms with E-state index >= 15 is 0 Å². The molecule has 3 unspecified atom stereocenters. The van der Waals surface area contributed by atoms with Gasteiger partial charge in [-0.25, -0.2) is 0 Å². The molecular weight excluding hydrogens is 396 g/mol. The normalized spacial score (nSPS) is 22.5. The molecule has 1 fully saturated rings. The second-order valence-electron chi connectivity index (χ2n) is 6.57. The van der Waals surface area contributed by atoms with E-state index in [9.17, 15) is 9.59 Å². The lowest BCUT2D eigenvalue weighted by Gasteiger charge is -2.50. The van der Waals surface area contributed by atoms with E-state index in [4.69, 9.17) is 5.73 Å². The smallest absolute Gasteiger partial charge is 0.253 e. The number of thioether (sulfide) groups is 2. The van der Waals surface area contributed by atoms with Gasteiger partial charge in [0.2, 0.25) is 5.91 Å². The third kappa shape index (κ3) is 3.54. The number of β-lactam (4-membered cyclic amide) rings is 1. The van der Waals surface area contributed by atoms with Gasteiger partial charge < -0.3 is 11.1 Å². The summed E-state index contributed by atoms with van der Waals surface area (Å²) < 4.78 is 0. The van der Waals surface area contributed by atoms with Gasteiger partial charge in [0.25, 0.3) is 5.91 Å². The molecule has 8 nitrogen and oxygen atoms in total. The number of allylic oxidation sites excluding steroid dienone is 1. The molecule has 2 aliphatic heterocycles. The van der Waals surface area contributed by atoms with Crippen molar-refractivity contribution in [2.75, 3.05) is 11.5 Å². The largest absolute Gasteiger partial charge is 0.340 e. The Labute approximate surface area is 170 Å². The molecule has 0 saturated carbocycles. The zero-order valence-electron chi connectivity index (χ0n) is 15.2. The van der Waals surface area contributed by atoms with Crippen molar-refractivity contribution >= 4 is 35.3 Å². The van der Waals surface area contributed by atoms with Crippen molar-refractivity contribution in [3.05, 3.63) is 53.4 Å². The molecular formula is C18H20N6O2S2. The lowest BCUT2D eigenvalue weighted by atomic mass is 10.0. The van der Waals surface area contributed by atoms with Crippen molar-refractivity contribution in [1.29, 1.82) is 0 Å². The molecule has 2 aromatic rings. The number of hydrogen-bond donors (Lipinski definition) is 3. The van der Waals surface area contributed by atoms with E-state index in [1.807, 2.05) is 25.1 Å². The fourth-order valence-electron chi connectivity index (χ4n) is 3.21. The first-order valence-electron chi connectivity index (χ1n) is 8.79. The monoisotopic (exact) mass is 416 g/mol. The Morgan fingerprint density at radius 1 is 1.46 bits per heavy atom. The highest BCUT2D eigenvalue weighted by molar-refractivity contribution is 8.01. The van der Waals surface area contributed by atoms with Gasteiger partial charge in [-0.1, -0.05) is 42.1 Å². The number of aromatic amines is 1. The number of fused-ring (bicyclic) bond motifs is 1. The molecule has 4 rings (SSSR count). The molecule has 2 aliphatic rings. The Balaban J connectivity index is 1.38. The topological polar surface area (TPSA) is 117 Å². The summed E-state index contributed by atoms with van der Waals surface area (Å²) in [7, 11) is 0. The molecule has 4 N–H and O–H groups in total. The molecule has 1 saturated heterocycles. The minimum atomic E-state index is -0.789. The molecule has 0 aliphatic carbocycles. The number of nitrogens with one attached hydrogen (secondary N) is 2. The quantitative estimate of drug-likeness (QED) is 0.479. The standard InChI is InChI=1S/C18H20N6O2S2/c1-10-12(8-27-13-7-20-23-22-13)9-28-18-15(17(26)24(10)18)21-16(25)14(19)11-5-3-2-4-6-11/h2-7,14-15,18H,8-9,19H2,1H3,(H,21,25)(H,20,22,23). The number of carbonyl (C=O) groups excluding carboxylic acids is 2. The minimum Gasteiger partial charge on any atom is -0.340 e. The number of amides is 2. The average Bonchev–Trinajstić information content (AvgIpc) is 3.24. The maximum Gasteiger partial charge on any atom is 0.253 e. The highest BCUT2D eigenvalue weighted by Gasteiger charge is 2.51. The van der Waals surface area contributed by atoms with Gasteiger partial charge in [-0.05, 0) is 18.1 Å². The number of benzene rings is 1. The van der Waals surface area contributed by atoms with Crippen molar-refractivity contribution in [1.82, 2.24) is 25.6 Å². The summed E-state index contributed by atoms with van der Waals surface area (Å²) >= 11 is 3.24.